The Morgan fingerprint density at radius 2 is 1.77 bits per heavy atom. The van der Waals surface area contributed by atoms with Crippen LogP contribution in [0.4, 0.5) is 0 Å². The molecule has 8 heteroatoms. The van der Waals surface area contributed by atoms with Gasteiger partial charge in [0, 0.05) is 57.6 Å². The van der Waals surface area contributed by atoms with Crippen molar-refractivity contribution in [3.8, 4) is 0 Å². The highest BCUT2D eigenvalue weighted by atomic mass is 16.2. The van der Waals surface area contributed by atoms with Gasteiger partial charge >= 0.3 is 0 Å². The number of nitrogens with two attached hydrogens (primary N) is 1. The van der Waals surface area contributed by atoms with Crippen LogP contribution >= 0.6 is 0 Å². The van der Waals surface area contributed by atoms with Crippen molar-refractivity contribution in [2.24, 2.45) is 12.8 Å². The zero-order chi connectivity index (χ0) is 21.3. The number of rotatable bonds is 5. The Labute approximate surface area is 173 Å². The normalized spacial score (nSPS) is 14.8. The van der Waals surface area contributed by atoms with E-state index >= 15 is 0 Å². The van der Waals surface area contributed by atoms with Gasteiger partial charge in [0.05, 0.1) is 11.1 Å². The third-order valence-corrected chi connectivity index (χ3v) is 5.44. The van der Waals surface area contributed by atoms with Crippen molar-refractivity contribution in [2.75, 3.05) is 26.2 Å². The Morgan fingerprint density at radius 1 is 1.07 bits per heavy atom. The molecule has 0 radical (unpaired) electrons. The predicted octanol–water partition coefficient (Wildman–Crippen LogP) is 1.20. The first-order chi connectivity index (χ1) is 14.4. The van der Waals surface area contributed by atoms with E-state index in [1.165, 1.54) is 16.3 Å². The summed E-state index contributed by atoms with van der Waals surface area (Å²) >= 11 is 0. The van der Waals surface area contributed by atoms with Crippen molar-refractivity contribution in [3.05, 3.63) is 65.6 Å². The quantitative estimate of drug-likeness (QED) is 0.508. The first kappa shape index (κ1) is 19.8. The monoisotopic (exact) mass is 405 g/mol. The van der Waals surface area contributed by atoms with Crippen molar-refractivity contribution in [1.82, 2.24) is 19.4 Å². The highest BCUT2D eigenvalue weighted by molar-refractivity contribution is 6.44. The second-order valence-corrected chi connectivity index (χ2v) is 7.49. The molecule has 30 heavy (non-hydrogen) atoms. The van der Waals surface area contributed by atoms with Crippen LogP contribution in [0.3, 0.4) is 0 Å². The zero-order valence-electron chi connectivity index (χ0n) is 16.7. The molecule has 2 amide bonds. The molecule has 3 aromatic rings. The summed E-state index contributed by atoms with van der Waals surface area (Å²) in [6.07, 6.45) is 3.15. The molecule has 0 bridgehead atoms. The lowest BCUT2D eigenvalue weighted by Crippen LogP contribution is -2.48. The van der Waals surface area contributed by atoms with Gasteiger partial charge in [-0.3, -0.25) is 24.3 Å². The summed E-state index contributed by atoms with van der Waals surface area (Å²) < 4.78 is 1.52. The van der Waals surface area contributed by atoms with Gasteiger partial charge in [0.25, 0.3) is 17.6 Å². The number of carbonyl (C=O) groups is 3. The Morgan fingerprint density at radius 3 is 2.43 bits per heavy atom. The molecule has 8 nitrogen and oxygen atoms in total. The van der Waals surface area contributed by atoms with Crippen LogP contribution in [-0.2, 0) is 18.4 Å². The molecular formula is C22H23N5O3. The molecule has 154 valence electrons. The highest BCUT2D eigenvalue weighted by Gasteiger charge is 2.25. The van der Waals surface area contributed by atoms with Crippen molar-refractivity contribution in [3.63, 3.8) is 0 Å². The van der Waals surface area contributed by atoms with E-state index in [0.29, 0.717) is 29.6 Å². The lowest BCUT2D eigenvalue weighted by Gasteiger charge is -2.34. The lowest BCUT2D eigenvalue weighted by molar-refractivity contribution is -0.114. The van der Waals surface area contributed by atoms with Crippen molar-refractivity contribution in [2.45, 2.75) is 6.54 Å². The zero-order valence-corrected chi connectivity index (χ0v) is 16.7. The van der Waals surface area contributed by atoms with Gasteiger partial charge in [0.1, 0.15) is 5.69 Å². The van der Waals surface area contributed by atoms with Gasteiger partial charge in [-0.2, -0.15) is 0 Å². The molecule has 0 unspecified atom stereocenters. The average molecular weight is 405 g/mol. The van der Waals surface area contributed by atoms with Crippen molar-refractivity contribution < 1.29 is 14.4 Å². The molecule has 4 rings (SSSR count). The fourth-order valence-corrected chi connectivity index (χ4v) is 3.86. The summed E-state index contributed by atoms with van der Waals surface area (Å²) in [5, 5.41) is 0.454. The van der Waals surface area contributed by atoms with Gasteiger partial charge in [-0.05, 0) is 11.6 Å². The molecule has 2 aromatic heterocycles. The van der Waals surface area contributed by atoms with Crippen molar-refractivity contribution in [1.29, 1.82) is 0 Å². The Balaban J connectivity index is 1.49. The molecular weight excluding hydrogens is 382 g/mol. The number of ketones is 1. The number of fused-ring (bicyclic) bond motifs is 1. The summed E-state index contributed by atoms with van der Waals surface area (Å²) in [4.78, 5) is 45.0. The van der Waals surface area contributed by atoms with Crippen molar-refractivity contribution >= 4 is 28.5 Å². The fraction of sp³-hybridized carbons (Fsp3) is 0.273. The van der Waals surface area contributed by atoms with Crippen LogP contribution < -0.4 is 5.73 Å². The second kappa shape index (κ2) is 8.08. The third kappa shape index (κ3) is 3.81. The number of amides is 2. The number of Topliss-reactive ketones (excluding diaryl/α,β-unsaturated/α-hetero) is 1. The Bertz CT molecular complexity index is 1110. The highest BCUT2D eigenvalue weighted by Crippen LogP contribution is 2.22. The van der Waals surface area contributed by atoms with Gasteiger partial charge in [0.15, 0.2) is 0 Å². The number of nitrogens with zero attached hydrogens (tertiary/aromatic N) is 4. The van der Waals surface area contributed by atoms with Crippen LogP contribution in [0.5, 0.6) is 0 Å². The fourth-order valence-electron chi connectivity index (χ4n) is 3.86. The summed E-state index contributed by atoms with van der Waals surface area (Å²) in [5.74, 6) is -1.97. The minimum absolute atomic E-state index is 0.134. The maximum atomic E-state index is 13.0. The number of piperazine rings is 1. The number of benzene rings is 1. The molecule has 0 spiro atoms. The van der Waals surface area contributed by atoms with Crippen LogP contribution in [0.25, 0.3) is 10.9 Å². The molecule has 0 saturated carbocycles. The van der Waals surface area contributed by atoms with E-state index in [0.717, 1.165) is 19.6 Å². The lowest BCUT2D eigenvalue weighted by atomic mass is 10.1. The summed E-state index contributed by atoms with van der Waals surface area (Å²) in [5.41, 5.74) is 7.49. The second-order valence-electron chi connectivity index (χ2n) is 7.49. The topological polar surface area (TPSA) is 102 Å². The van der Waals surface area contributed by atoms with Gasteiger partial charge in [-0.25, -0.2) is 0 Å². The predicted molar refractivity (Wildman–Crippen MR) is 112 cm³/mol. The van der Waals surface area contributed by atoms with Gasteiger partial charge in [-0.15, -0.1) is 0 Å². The average Bonchev–Trinajstić information content (AvgIpc) is 3.08. The first-order valence-electron chi connectivity index (χ1n) is 9.79. The minimum Gasteiger partial charge on any atom is -0.363 e. The number of hydrogen-bond donors (Lipinski definition) is 1. The molecule has 1 aliphatic rings. The smallest absolute Gasteiger partial charge is 0.291 e. The number of aromatic nitrogens is 2. The summed E-state index contributed by atoms with van der Waals surface area (Å²) in [6.45, 7) is 3.66. The molecule has 3 heterocycles. The summed E-state index contributed by atoms with van der Waals surface area (Å²) in [6, 6.07) is 11.9. The largest absolute Gasteiger partial charge is 0.363 e. The van der Waals surface area contributed by atoms with Crippen LogP contribution in [0.2, 0.25) is 0 Å². The number of carbonyl (C=O) groups excluding carboxylic acids is 3. The number of primary amides is 1. The Kier molecular flexibility index (Phi) is 5.33. The third-order valence-electron chi connectivity index (χ3n) is 5.44. The molecule has 0 aliphatic carbocycles. The molecule has 1 saturated heterocycles. The summed E-state index contributed by atoms with van der Waals surface area (Å²) in [7, 11) is 1.64. The van der Waals surface area contributed by atoms with Gasteiger partial charge < -0.3 is 15.2 Å². The minimum atomic E-state index is -1.04. The van der Waals surface area contributed by atoms with E-state index in [4.69, 9.17) is 5.73 Å². The van der Waals surface area contributed by atoms with Gasteiger partial charge in [-0.1, -0.05) is 30.3 Å². The van der Waals surface area contributed by atoms with E-state index in [1.54, 1.807) is 24.2 Å². The molecule has 2 N–H and O–H groups in total. The first-order valence-corrected chi connectivity index (χ1v) is 9.79. The standard InChI is InChI=1S/C22H23N5O3/c1-25-14-18-17(19(25)20(28)21(23)29)11-16(12-24-18)22(30)27-9-7-26(8-10-27)13-15-5-3-2-4-6-15/h2-6,11-12,14H,7-10,13H2,1H3,(H2,23,29). The van der Waals surface area contributed by atoms with Crippen LogP contribution in [-0.4, -0.2) is 63.1 Å². The molecule has 1 aliphatic heterocycles. The van der Waals surface area contributed by atoms with E-state index in [9.17, 15) is 14.4 Å². The van der Waals surface area contributed by atoms with E-state index in [-0.39, 0.29) is 11.6 Å². The molecule has 1 aromatic carbocycles. The SMILES string of the molecule is Cn1cc2ncc(C(=O)N3CCN(Cc4ccccc4)CC3)cc2c1C(=O)C(N)=O. The van der Waals surface area contributed by atoms with E-state index < -0.39 is 11.7 Å². The molecule has 0 atom stereocenters. The van der Waals surface area contributed by atoms with E-state index in [1.807, 2.05) is 18.2 Å². The maximum absolute atomic E-state index is 13.0. The number of hydrogen-bond acceptors (Lipinski definition) is 5. The van der Waals surface area contributed by atoms with E-state index in [2.05, 4.69) is 22.0 Å². The van der Waals surface area contributed by atoms with Crippen LogP contribution in [0.1, 0.15) is 26.4 Å². The van der Waals surface area contributed by atoms with Crippen LogP contribution in [0.15, 0.2) is 48.8 Å². The maximum Gasteiger partial charge on any atom is 0.291 e. The Hall–Kier alpha value is -3.52. The number of aryl methyl sites for hydroxylation is 1. The number of pyridine rings is 1. The van der Waals surface area contributed by atoms with Crippen LogP contribution in [0, 0.1) is 0 Å². The van der Waals surface area contributed by atoms with Gasteiger partial charge in [0.2, 0.25) is 0 Å². The molecule has 1 fully saturated rings.